The summed E-state index contributed by atoms with van der Waals surface area (Å²) in [5, 5.41) is 13.4. The molecule has 15 heavy (non-hydrogen) atoms. The van der Waals surface area contributed by atoms with Crippen molar-refractivity contribution in [2.75, 3.05) is 19.0 Å². The van der Waals surface area contributed by atoms with Gasteiger partial charge in [-0.2, -0.15) is 0 Å². The van der Waals surface area contributed by atoms with Gasteiger partial charge in [0.25, 0.3) is 5.69 Å². The zero-order chi connectivity index (χ0) is 11.3. The van der Waals surface area contributed by atoms with Gasteiger partial charge >= 0.3 is 0 Å². The Morgan fingerprint density at radius 3 is 2.87 bits per heavy atom. The minimum atomic E-state index is -0.483. The lowest BCUT2D eigenvalue weighted by Crippen LogP contribution is -1.97. The number of nitrogens with one attached hydrogen (secondary N) is 1. The van der Waals surface area contributed by atoms with Crippen molar-refractivity contribution in [3.05, 3.63) is 28.3 Å². The Morgan fingerprint density at radius 2 is 2.33 bits per heavy atom. The van der Waals surface area contributed by atoms with E-state index >= 15 is 0 Å². The van der Waals surface area contributed by atoms with Gasteiger partial charge in [0.15, 0.2) is 0 Å². The highest BCUT2D eigenvalue weighted by molar-refractivity contribution is 5.56. The predicted molar refractivity (Wildman–Crippen MR) is 57.0 cm³/mol. The summed E-state index contributed by atoms with van der Waals surface area (Å²) in [6, 6.07) is 4.39. The summed E-state index contributed by atoms with van der Waals surface area (Å²) in [6.07, 6.45) is 5.02. The van der Waals surface area contributed by atoms with Crippen LogP contribution in [0.25, 0.3) is 0 Å². The first-order valence-corrected chi connectivity index (χ1v) is 4.21. The lowest BCUT2D eigenvalue weighted by molar-refractivity contribution is -0.384. The van der Waals surface area contributed by atoms with E-state index in [1.54, 1.807) is 13.1 Å². The number of hydrogen-bond donors (Lipinski definition) is 1. The van der Waals surface area contributed by atoms with E-state index in [1.165, 1.54) is 12.1 Å². The summed E-state index contributed by atoms with van der Waals surface area (Å²) in [5.41, 5.74) is 0.574. The van der Waals surface area contributed by atoms with Crippen LogP contribution in [0.2, 0.25) is 0 Å². The van der Waals surface area contributed by atoms with E-state index in [-0.39, 0.29) is 12.3 Å². The van der Waals surface area contributed by atoms with Gasteiger partial charge in [-0.15, -0.1) is 6.42 Å². The third kappa shape index (κ3) is 2.88. The molecule has 0 aliphatic carbocycles. The van der Waals surface area contributed by atoms with Crippen LogP contribution in [0.4, 0.5) is 11.4 Å². The quantitative estimate of drug-likeness (QED) is 0.462. The lowest BCUT2D eigenvalue weighted by atomic mass is 10.2. The average molecular weight is 206 g/mol. The minimum Gasteiger partial charge on any atom is -0.481 e. The molecule has 0 heterocycles. The van der Waals surface area contributed by atoms with E-state index in [0.29, 0.717) is 11.4 Å². The number of nitro groups is 1. The van der Waals surface area contributed by atoms with E-state index in [2.05, 4.69) is 11.2 Å². The molecule has 5 nitrogen and oxygen atoms in total. The number of ether oxygens (including phenoxy) is 1. The molecule has 0 aliphatic heterocycles. The molecule has 0 aromatic heterocycles. The number of nitrogens with zero attached hydrogens (tertiary/aromatic N) is 1. The highest BCUT2D eigenvalue weighted by Gasteiger charge is 2.09. The SMILES string of the molecule is C#CCOc1cc(NC)cc([N+](=O)[O-])c1. The fraction of sp³-hybridized carbons (Fsp3) is 0.200. The van der Waals surface area contributed by atoms with Crippen LogP contribution in [0.3, 0.4) is 0 Å². The number of terminal acetylenes is 1. The topological polar surface area (TPSA) is 64.4 Å². The zero-order valence-electron chi connectivity index (χ0n) is 8.19. The molecule has 0 aliphatic rings. The first kappa shape index (κ1) is 10.9. The van der Waals surface area contributed by atoms with Crippen LogP contribution in [-0.2, 0) is 0 Å². The second kappa shape index (κ2) is 4.86. The normalized spacial score (nSPS) is 9.07. The summed E-state index contributed by atoms with van der Waals surface area (Å²) in [4.78, 5) is 10.1. The largest absolute Gasteiger partial charge is 0.481 e. The van der Waals surface area contributed by atoms with Crippen LogP contribution in [-0.4, -0.2) is 18.6 Å². The first-order valence-electron chi connectivity index (χ1n) is 4.21. The van der Waals surface area contributed by atoms with Crippen molar-refractivity contribution in [3.8, 4) is 18.1 Å². The summed E-state index contributed by atoms with van der Waals surface area (Å²) in [6.45, 7) is 0.0876. The van der Waals surface area contributed by atoms with Gasteiger partial charge in [-0.3, -0.25) is 10.1 Å². The van der Waals surface area contributed by atoms with Gasteiger partial charge in [-0.25, -0.2) is 0 Å². The van der Waals surface area contributed by atoms with Crippen LogP contribution < -0.4 is 10.1 Å². The number of nitro benzene ring substituents is 1. The van der Waals surface area contributed by atoms with E-state index in [4.69, 9.17) is 11.2 Å². The number of rotatable bonds is 4. The third-order valence-corrected chi connectivity index (χ3v) is 1.71. The van der Waals surface area contributed by atoms with Gasteiger partial charge in [0.1, 0.15) is 12.4 Å². The zero-order valence-corrected chi connectivity index (χ0v) is 8.19. The average Bonchev–Trinajstić information content (AvgIpc) is 2.25. The van der Waals surface area contributed by atoms with Crippen molar-refractivity contribution < 1.29 is 9.66 Å². The Bertz CT molecular complexity index is 410. The van der Waals surface area contributed by atoms with E-state index in [0.717, 1.165) is 0 Å². The third-order valence-electron chi connectivity index (χ3n) is 1.71. The first-order chi connectivity index (χ1) is 7.17. The molecule has 0 spiro atoms. The molecule has 0 saturated heterocycles. The summed E-state index contributed by atoms with van der Waals surface area (Å²) in [5.74, 6) is 2.67. The van der Waals surface area contributed by atoms with Crippen LogP contribution in [0, 0.1) is 22.5 Å². The monoisotopic (exact) mass is 206 g/mol. The van der Waals surface area contributed by atoms with Crippen molar-refractivity contribution in [1.29, 1.82) is 0 Å². The molecule has 0 atom stereocenters. The Morgan fingerprint density at radius 1 is 1.60 bits per heavy atom. The molecular formula is C10H10N2O3. The number of benzene rings is 1. The molecular weight excluding hydrogens is 196 g/mol. The van der Waals surface area contributed by atoms with Crippen molar-refractivity contribution in [1.82, 2.24) is 0 Å². The van der Waals surface area contributed by atoms with Crippen molar-refractivity contribution in [3.63, 3.8) is 0 Å². The van der Waals surface area contributed by atoms with Gasteiger partial charge in [0.2, 0.25) is 0 Å². The Kier molecular flexibility index (Phi) is 3.52. The Labute approximate surface area is 87.2 Å². The molecule has 0 unspecified atom stereocenters. The number of hydrogen-bond acceptors (Lipinski definition) is 4. The van der Waals surface area contributed by atoms with Crippen molar-refractivity contribution in [2.45, 2.75) is 0 Å². The molecule has 0 saturated carbocycles. The standard InChI is InChI=1S/C10H10N2O3/c1-3-4-15-10-6-8(11-2)5-9(7-10)12(13)14/h1,5-7,11H,4H2,2H3. The summed E-state index contributed by atoms with van der Waals surface area (Å²) >= 11 is 0. The van der Waals surface area contributed by atoms with E-state index in [9.17, 15) is 10.1 Å². The number of non-ortho nitro benzene ring substituents is 1. The lowest BCUT2D eigenvalue weighted by Gasteiger charge is -2.05. The molecule has 1 N–H and O–H groups in total. The van der Waals surface area contributed by atoms with Gasteiger partial charge in [-0.1, -0.05) is 5.92 Å². The van der Waals surface area contributed by atoms with Crippen LogP contribution in [0.15, 0.2) is 18.2 Å². The molecule has 1 aromatic rings. The van der Waals surface area contributed by atoms with E-state index in [1.807, 2.05) is 0 Å². The van der Waals surface area contributed by atoms with Gasteiger partial charge < -0.3 is 10.1 Å². The molecule has 1 aromatic carbocycles. The van der Waals surface area contributed by atoms with Crippen LogP contribution in [0.1, 0.15) is 0 Å². The smallest absolute Gasteiger partial charge is 0.275 e. The van der Waals surface area contributed by atoms with Crippen LogP contribution >= 0.6 is 0 Å². The maximum absolute atomic E-state index is 10.6. The fourth-order valence-corrected chi connectivity index (χ4v) is 1.04. The molecule has 0 bridgehead atoms. The van der Waals surface area contributed by atoms with E-state index < -0.39 is 4.92 Å². The second-order valence-electron chi connectivity index (χ2n) is 2.72. The molecule has 0 amide bonds. The van der Waals surface area contributed by atoms with Gasteiger partial charge in [0.05, 0.1) is 11.0 Å². The maximum atomic E-state index is 10.6. The van der Waals surface area contributed by atoms with Crippen molar-refractivity contribution in [2.24, 2.45) is 0 Å². The summed E-state index contributed by atoms with van der Waals surface area (Å²) in [7, 11) is 1.67. The fourth-order valence-electron chi connectivity index (χ4n) is 1.04. The predicted octanol–water partition coefficient (Wildman–Crippen LogP) is 1.65. The highest BCUT2D eigenvalue weighted by atomic mass is 16.6. The Balaban J connectivity index is 3.01. The van der Waals surface area contributed by atoms with Gasteiger partial charge in [-0.05, 0) is 0 Å². The maximum Gasteiger partial charge on any atom is 0.275 e. The molecule has 5 heteroatoms. The molecule has 0 radical (unpaired) electrons. The second-order valence-corrected chi connectivity index (χ2v) is 2.72. The Hall–Kier alpha value is -2.22. The molecule has 1 rings (SSSR count). The van der Waals surface area contributed by atoms with Crippen LogP contribution in [0.5, 0.6) is 5.75 Å². The van der Waals surface area contributed by atoms with Gasteiger partial charge in [0, 0.05) is 24.9 Å². The summed E-state index contributed by atoms with van der Waals surface area (Å²) < 4.78 is 5.11. The highest BCUT2D eigenvalue weighted by Crippen LogP contribution is 2.25. The number of anilines is 1. The van der Waals surface area contributed by atoms with Crippen molar-refractivity contribution >= 4 is 11.4 Å². The molecule has 78 valence electrons. The molecule has 0 fully saturated rings. The minimum absolute atomic E-state index is 0.0335.